The van der Waals surface area contributed by atoms with Gasteiger partial charge in [-0.15, -0.1) is 0 Å². The standard InChI is InChI=1S/C41H50Cl2F3N3O8S.C40H48Cl2F3N3O9S/c1-2-17-52-18-19-53-20-21-54-22-23-55-24-25-56-26-27-57-39-29-38(47-35-13-15-49(16-14-35)58(50,51)41(44,45)46)36-28-32(7-12-37(36)48-39)40(30-3-8-33(42)9-4-30)31-5-10-34(43)11-6-31;41-32-6-1-29(2-7-32)39(30-3-8-33(42)9-4-30)31-5-10-36-35(27-31)37(46-34-11-13-48(14-12-34)58(50,51)40(43,44)45)28-38(47-36)57-26-25-56-24-23-55-22-21-54-20-19-53-18-17-52-16-15-49/h3-12,28-29,35,40H,2,13-27H2,1H3,(H,47,48);1-10,27-28,34,39,49H,11-26H2,(H,46,47). The van der Waals surface area contributed by atoms with Gasteiger partial charge in [-0.3, -0.25) is 0 Å². The number of rotatable bonds is 48. The second-order valence-corrected chi connectivity index (χ2v) is 32.3. The molecule has 23 nitrogen and oxygen atoms in total. The Morgan fingerprint density at radius 2 is 0.629 bits per heavy atom. The lowest BCUT2D eigenvalue weighted by molar-refractivity contribution is -0.0499. The van der Waals surface area contributed by atoms with Gasteiger partial charge in [0.2, 0.25) is 11.8 Å². The van der Waals surface area contributed by atoms with E-state index in [4.69, 9.17) is 118 Å². The first-order chi connectivity index (χ1) is 55.9. The average Bonchev–Trinajstić information content (AvgIpc) is 0.780. The molecule has 2 aromatic heterocycles. The molecule has 6 aromatic carbocycles. The minimum atomic E-state index is -5.42. The van der Waals surface area contributed by atoms with Crippen LogP contribution in [0.25, 0.3) is 21.8 Å². The van der Waals surface area contributed by atoms with Crippen molar-refractivity contribution in [2.45, 2.75) is 74.0 Å². The van der Waals surface area contributed by atoms with Crippen molar-refractivity contribution >= 4 is 99.6 Å². The van der Waals surface area contributed by atoms with Gasteiger partial charge in [-0.2, -0.15) is 35.0 Å². The van der Waals surface area contributed by atoms with Crippen molar-refractivity contribution in [1.29, 1.82) is 0 Å². The van der Waals surface area contributed by atoms with Crippen LogP contribution in [0.3, 0.4) is 0 Å². The first-order valence-corrected chi connectivity index (χ1v) is 42.5. The van der Waals surface area contributed by atoms with Crippen LogP contribution in [0.15, 0.2) is 146 Å². The van der Waals surface area contributed by atoms with E-state index in [2.05, 4.69) is 17.6 Å². The lowest BCUT2D eigenvalue weighted by Crippen LogP contribution is -2.47. The maximum absolute atomic E-state index is 13.3. The van der Waals surface area contributed by atoms with Gasteiger partial charge in [-0.05, 0) is 138 Å². The summed E-state index contributed by atoms with van der Waals surface area (Å²) in [5.41, 5.74) is -2.33. The maximum atomic E-state index is 13.3. The zero-order valence-electron chi connectivity index (χ0n) is 64.2. The number of anilines is 2. The van der Waals surface area contributed by atoms with Crippen LogP contribution in [0.1, 0.15) is 84.2 Å². The summed E-state index contributed by atoms with van der Waals surface area (Å²) >= 11 is 25.0. The molecular weight excluding hydrogens is 1650 g/mol. The summed E-state index contributed by atoms with van der Waals surface area (Å²) in [6.45, 7) is 9.81. The number of sulfonamides is 2. The molecule has 0 saturated carbocycles. The van der Waals surface area contributed by atoms with E-state index in [9.17, 15) is 43.2 Å². The van der Waals surface area contributed by atoms with Gasteiger partial charge >= 0.3 is 31.1 Å². The first kappa shape index (κ1) is 93.3. The van der Waals surface area contributed by atoms with Gasteiger partial charge in [0.1, 0.15) is 13.2 Å². The van der Waals surface area contributed by atoms with Crippen LogP contribution in [0.5, 0.6) is 11.8 Å². The van der Waals surface area contributed by atoms with E-state index in [0.717, 1.165) is 57.2 Å². The topological polar surface area (TPSA) is 256 Å². The van der Waals surface area contributed by atoms with Crippen molar-refractivity contribution in [3.63, 3.8) is 0 Å². The predicted molar refractivity (Wildman–Crippen MR) is 434 cm³/mol. The van der Waals surface area contributed by atoms with Gasteiger partial charge in [0.25, 0.3) is 0 Å². The van der Waals surface area contributed by atoms with E-state index >= 15 is 0 Å². The highest BCUT2D eigenvalue weighted by Gasteiger charge is 2.51. The van der Waals surface area contributed by atoms with E-state index < -0.39 is 31.1 Å². The quantitative estimate of drug-likeness (QED) is 0.0182. The highest BCUT2D eigenvalue weighted by atomic mass is 35.5. The number of hydrogen-bond acceptors (Lipinski definition) is 21. The molecule has 2 saturated heterocycles. The van der Waals surface area contributed by atoms with Crippen molar-refractivity contribution in [2.24, 2.45) is 0 Å². The molecule has 0 spiro atoms. The molecule has 116 heavy (non-hydrogen) atoms. The molecule has 0 unspecified atom stereocenters. The third-order valence-electron chi connectivity index (χ3n) is 18.5. The van der Waals surface area contributed by atoms with Crippen LogP contribution < -0.4 is 20.1 Å². The molecule has 2 fully saturated rings. The maximum Gasteiger partial charge on any atom is 0.511 e. The Bertz CT molecular complexity index is 4100. The van der Waals surface area contributed by atoms with Crippen LogP contribution >= 0.6 is 46.4 Å². The van der Waals surface area contributed by atoms with Gasteiger partial charge in [-0.1, -0.05) is 114 Å². The summed E-state index contributed by atoms with van der Waals surface area (Å²) < 4.78 is 196. The SMILES string of the molecule is CCCOCCOCCOCCOCCOCCOc1cc(NC2CCN(S(=O)(=O)C(F)(F)F)CC2)c2cc(C(c3ccc(Cl)cc3)c3ccc(Cl)cc3)ccc2n1.O=S(=O)(N1CCC(Nc2cc(OCCOCCOCCOCCOCCOCCO)nc3ccc(C(c4ccc(Cl)cc4)c4ccc(Cl)cc4)cc23)CC1)C(F)(F)F. The molecule has 0 aliphatic carbocycles. The van der Waals surface area contributed by atoms with Crippen molar-refractivity contribution in [3.8, 4) is 11.8 Å². The molecule has 2 aliphatic rings. The highest BCUT2D eigenvalue weighted by Crippen LogP contribution is 2.41. The molecule has 3 N–H and O–H groups in total. The number of benzene rings is 6. The van der Waals surface area contributed by atoms with E-state index in [1.165, 1.54) is 0 Å². The Morgan fingerprint density at radius 1 is 0.379 bits per heavy atom. The molecular formula is C81H98Cl4F6N6O17S2. The van der Waals surface area contributed by atoms with Gasteiger partial charge in [-0.25, -0.2) is 26.8 Å². The van der Waals surface area contributed by atoms with Crippen LogP contribution in [-0.4, -0.2) is 242 Å². The monoisotopic (exact) mass is 1740 g/mol. The fraction of sp³-hybridized carbons (Fsp3) is 0.481. The molecule has 10 rings (SSSR count). The van der Waals surface area contributed by atoms with Crippen LogP contribution in [-0.2, 0) is 67.4 Å². The lowest BCUT2D eigenvalue weighted by Gasteiger charge is -2.32. The Hall–Kier alpha value is -6.54. The van der Waals surface area contributed by atoms with Crippen LogP contribution in [0.4, 0.5) is 37.7 Å². The summed E-state index contributed by atoms with van der Waals surface area (Å²) in [5, 5.41) is 19.5. The molecule has 0 bridgehead atoms. The summed E-state index contributed by atoms with van der Waals surface area (Å²) in [5.74, 6) is 0.223. The van der Waals surface area contributed by atoms with E-state index in [-0.39, 0.29) is 109 Å². The Morgan fingerprint density at radius 3 is 0.888 bits per heavy atom. The normalized spacial score (nSPS) is 14.4. The van der Waals surface area contributed by atoms with Crippen molar-refractivity contribution in [1.82, 2.24) is 18.6 Å². The molecule has 636 valence electrons. The number of nitrogens with zero attached hydrogens (tertiary/aromatic N) is 4. The Labute approximate surface area is 692 Å². The Balaban J connectivity index is 0.000000265. The van der Waals surface area contributed by atoms with Crippen molar-refractivity contribution in [3.05, 3.63) is 199 Å². The fourth-order valence-electron chi connectivity index (χ4n) is 12.8. The molecule has 0 amide bonds. The van der Waals surface area contributed by atoms with E-state index in [0.29, 0.717) is 175 Å². The number of aliphatic hydroxyl groups excluding tert-OH is 1. The number of halogens is 10. The number of hydrogen-bond donors (Lipinski definition) is 3. The second kappa shape index (κ2) is 48.0. The fourth-order valence-corrected chi connectivity index (χ4v) is 15.2. The average molecular weight is 1750 g/mol. The molecule has 0 atom stereocenters. The minimum Gasteiger partial charge on any atom is -0.475 e. The molecule has 35 heteroatoms. The zero-order chi connectivity index (χ0) is 82.8. The van der Waals surface area contributed by atoms with Gasteiger partial charge in [0.05, 0.1) is 143 Å². The minimum absolute atomic E-state index is 0.0165. The number of nitrogens with one attached hydrogen (secondary N) is 2. The third-order valence-corrected chi connectivity index (χ3v) is 22.8. The van der Waals surface area contributed by atoms with Crippen molar-refractivity contribution < 1.29 is 105 Å². The number of aromatic nitrogens is 2. The number of aliphatic hydroxyl groups is 1. The van der Waals surface area contributed by atoms with E-state index in [1.54, 1.807) is 12.1 Å². The predicted octanol–water partition coefficient (Wildman–Crippen LogP) is 15.2. The summed E-state index contributed by atoms with van der Waals surface area (Å²) in [6, 6.07) is 45.1. The molecule has 0 radical (unpaired) electrons. The summed E-state index contributed by atoms with van der Waals surface area (Å²) in [7, 11) is -10.8. The Kier molecular flexibility index (Phi) is 38.7. The first-order valence-electron chi connectivity index (χ1n) is 38.1. The number of fused-ring (bicyclic) bond motifs is 2. The molecule has 2 aliphatic heterocycles. The van der Waals surface area contributed by atoms with Gasteiger partial charge < -0.3 is 72.6 Å². The number of ether oxygens (including phenoxy) is 12. The number of alkyl halides is 6. The lowest BCUT2D eigenvalue weighted by atomic mass is 9.84. The smallest absolute Gasteiger partial charge is 0.475 e. The van der Waals surface area contributed by atoms with E-state index in [1.807, 2.05) is 133 Å². The van der Waals surface area contributed by atoms with Crippen LogP contribution in [0.2, 0.25) is 20.1 Å². The second-order valence-electron chi connectivity index (χ2n) is 26.7. The third kappa shape index (κ3) is 29.4. The number of pyridine rings is 2. The van der Waals surface area contributed by atoms with Gasteiger partial charge in [0.15, 0.2) is 0 Å². The van der Waals surface area contributed by atoms with Crippen molar-refractivity contribution in [2.75, 3.05) is 189 Å². The summed E-state index contributed by atoms with van der Waals surface area (Å²) in [4.78, 5) is 9.51. The largest absolute Gasteiger partial charge is 0.511 e. The highest BCUT2D eigenvalue weighted by molar-refractivity contribution is 7.90. The van der Waals surface area contributed by atoms with Gasteiger partial charge in [0, 0.05) is 111 Å². The zero-order valence-corrected chi connectivity index (χ0v) is 68.8. The summed E-state index contributed by atoms with van der Waals surface area (Å²) in [6.07, 6.45) is 1.63. The van der Waals surface area contributed by atoms with Crippen LogP contribution in [0, 0.1) is 0 Å². The number of piperidine rings is 2. The molecule has 4 heterocycles. The molecule has 8 aromatic rings.